The van der Waals surface area contributed by atoms with E-state index >= 15 is 0 Å². The van der Waals surface area contributed by atoms with E-state index < -0.39 is 10.8 Å². The number of hydrogen-bond donors (Lipinski definition) is 1. The van der Waals surface area contributed by atoms with Gasteiger partial charge in [0.1, 0.15) is 11.5 Å². The van der Waals surface area contributed by atoms with Crippen molar-refractivity contribution in [2.24, 2.45) is 0 Å². The highest BCUT2D eigenvalue weighted by Crippen LogP contribution is 2.32. The first-order chi connectivity index (χ1) is 13.4. The van der Waals surface area contributed by atoms with E-state index in [0.717, 1.165) is 21.9 Å². The van der Waals surface area contributed by atoms with E-state index in [9.17, 15) is 14.9 Å². The second kappa shape index (κ2) is 8.05. The van der Waals surface area contributed by atoms with Crippen LogP contribution in [0.4, 0.5) is 10.8 Å². The fourth-order valence-electron chi connectivity index (χ4n) is 2.62. The number of carbonyl (C=O) groups is 1. The zero-order valence-corrected chi connectivity index (χ0v) is 16.2. The number of aryl methyl sites for hydroxylation is 1. The molecule has 3 rings (SSSR count). The van der Waals surface area contributed by atoms with Gasteiger partial charge in [-0.1, -0.05) is 0 Å². The van der Waals surface area contributed by atoms with Gasteiger partial charge in [-0.3, -0.25) is 20.2 Å². The number of methoxy groups -OCH3 is 2. The van der Waals surface area contributed by atoms with Crippen molar-refractivity contribution in [2.75, 3.05) is 19.5 Å². The minimum Gasteiger partial charge on any atom is -0.497 e. The number of aromatic nitrogens is 1. The molecule has 0 aliphatic carbocycles. The smallest absolute Gasteiger partial charge is 0.270 e. The highest BCUT2D eigenvalue weighted by atomic mass is 32.1. The molecule has 28 heavy (non-hydrogen) atoms. The first-order valence-electron chi connectivity index (χ1n) is 8.18. The van der Waals surface area contributed by atoms with Crippen LogP contribution in [-0.2, 0) is 0 Å². The summed E-state index contributed by atoms with van der Waals surface area (Å²) >= 11 is 1.32. The average molecular weight is 399 g/mol. The van der Waals surface area contributed by atoms with Crippen LogP contribution in [-0.4, -0.2) is 30.0 Å². The molecule has 0 bridgehead atoms. The maximum atomic E-state index is 12.6. The Morgan fingerprint density at radius 2 is 1.86 bits per heavy atom. The van der Waals surface area contributed by atoms with Crippen molar-refractivity contribution < 1.29 is 19.2 Å². The molecule has 1 amide bonds. The number of non-ortho nitro benzene ring substituents is 1. The summed E-state index contributed by atoms with van der Waals surface area (Å²) in [5.74, 6) is 0.449. The second-order valence-electron chi connectivity index (χ2n) is 5.75. The maximum absolute atomic E-state index is 12.6. The van der Waals surface area contributed by atoms with E-state index in [1.54, 1.807) is 7.11 Å². The van der Waals surface area contributed by atoms with Crippen molar-refractivity contribution in [3.63, 3.8) is 0 Å². The number of ether oxygens (including phenoxy) is 2. The first-order valence-corrected chi connectivity index (χ1v) is 9.00. The lowest BCUT2D eigenvalue weighted by atomic mass is 10.1. The number of amides is 1. The lowest BCUT2D eigenvalue weighted by Crippen LogP contribution is -2.13. The van der Waals surface area contributed by atoms with Gasteiger partial charge in [-0.05, 0) is 37.3 Å². The molecule has 0 saturated carbocycles. The molecule has 2 aromatic carbocycles. The number of hydrogen-bond acceptors (Lipinski definition) is 7. The van der Waals surface area contributed by atoms with E-state index in [0.29, 0.717) is 5.13 Å². The maximum Gasteiger partial charge on any atom is 0.270 e. The van der Waals surface area contributed by atoms with Crippen LogP contribution in [0.3, 0.4) is 0 Å². The number of carbonyl (C=O) groups excluding carboxylic acids is 1. The Bertz CT molecular complexity index is 1030. The fraction of sp³-hybridized carbons (Fsp3) is 0.158. The van der Waals surface area contributed by atoms with Crippen molar-refractivity contribution >= 4 is 28.1 Å². The lowest BCUT2D eigenvalue weighted by Gasteiger charge is -2.07. The predicted molar refractivity (Wildman–Crippen MR) is 106 cm³/mol. The number of thiazole rings is 1. The number of rotatable bonds is 6. The molecule has 0 spiro atoms. The summed E-state index contributed by atoms with van der Waals surface area (Å²) < 4.78 is 10.3. The summed E-state index contributed by atoms with van der Waals surface area (Å²) in [5.41, 5.74) is 1.51. The molecule has 8 nitrogen and oxygen atoms in total. The topological polar surface area (TPSA) is 104 Å². The fourth-order valence-corrected chi connectivity index (χ4v) is 3.45. The number of nitro benzene ring substituents is 1. The van der Waals surface area contributed by atoms with Gasteiger partial charge in [0, 0.05) is 22.6 Å². The zero-order valence-electron chi connectivity index (χ0n) is 15.4. The van der Waals surface area contributed by atoms with Gasteiger partial charge in [0.05, 0.1) is 30.4 Å². The zero-order chi connectivity index (χ0) is 20.3. The molecule has 1 N–H and O–H groups in total. The quantitative estimate of drug-likeness (QED) is 0.490. The number of anilines is 1. The summed E-state index contributed by atoms with van der Waals surface area (Å²) in [5, 5.41) is 14.1. The minimum atomic E-state index is -0.564. The normalized spacial score (nSPS) is 10.4. The van der Waals surface area contributed by atoms with Gasteiger partial charge in [-0.25, -0.2) is 4.98 Å². The van der Waals surface area contributed by atoms with Crippen molar-refractivity contribution in [1.29, 1.82) is 0 Å². The van der Waals surface area contributed by atoms with Crippen molar-refractivity contribution in [3.05, 3.63) is 63.0 Å². The standard InChI is InChI=1S/C19H17N3O5S/c1-11-17(12-4-7-14(26-2)8-5-12)20-19(28-11)21-18(23)15-10-13(22(24)25)6-9-16(15)27-3/h4-10H,1-3H3,(H,20,21,23). The molecule has 1 aromatic heterocycles. The SMILES string of the molecule is COc1ccc(-c2nc(NC(=O)c3cc([N+](=O)[O-])ccc3OC)sc2C)cc1. The first kappa shape index (κ1) is 19.3. The lowest BCUT2D eigenvalue weighted by molar-refractivity contribution is -0.384. The molecule has 0 atom stereocenters. The minimum absolute atomic E-state index is 0.0653. The van der Waals surface area contributed by atoms with Crippen molar-refractivity contribution in [2.45, 2.75) is 6.92 Å². The van der Waals surface area contributed by atoms with E-state index in [1.807, 2.05) is 31.2 Å². The Morgan fingerprint density at radius 3 is 2.46 bits per heavy atom. The van der Waals surface area contributed by atoms with E-state index in [1.165, 1.54) is 36.6 Å². The molecular formula is C19H17N3O5S. The van der Waals surface area contributed by atoms with Gasteiger partial charge in [0.2, 0.25) is 0 Å². The molecule has 0 aliphatic rings. The van der Waals surface area contributed by atoms with Crippen LogP contribution in [0.5, 0.6) is 11.5 Å². The third-order valence-corrected chi connectivity index (χ3v) is 4.91. The number of nitro groups is 1. The van der Waals surface area contributed by atoms with Crippen molar-refractivity contribution in [3.8, 4) is 22.8 Å². The largest absolute Gasteiger partial charge is 0.497 e. The van der Waals surface area contributed by atoms with E-state index in [-0.39, 0.29) is 17.0 Å². The molecule has 0 saturated heterocycles. The molecule has 3 aromatic rings. The van der Waals surface area contributed by atoms with Gasteiger partial charge >= 0.3 is 0 Å². The Kier molecular flexibility index (Phi) is 5.55. The monoisotopic (exact) mass is 399 g/mol. The van der Waals surface area contributed by atoms with E-state index in [4.69, 9.17) is 9.47 Å². The summed E-state index contributed by atoms with van der Waals surface area (Å²) in [6.45, 7) is 1.90. The summed E-state index contributed by atoms with van der Waals surface area (Å²) in [6, 6.07) is 11.3. The van der Waals surface area contributed by atoms with Crippen LogP contribution in [0.2, 0.25) is 0 Å². The second-order valence-corrected chi connectivity index (χ2v) is 6.95. The predicted octanol–water partition coefficient (Wildman–Crippen LogP) is 4.30. The third kappa shape index (κ3) is 3.94. The molecule has 0 unspecified atom stereocenters. The molecule has 0 aliphatic heterocycles. The molecular weight excluding hydrogens is 382 g/mol. The number of nitrogens with one attached hydrogen (secondary N) is 1. The Hall–Kier alpha value is -3.46. The van der Waals surface area contributed by atoms with Gasteiger partial charge in [0.15, 0.2) is 5.13 Å². The van der Waals surface area contributed by atoms with Gasteiger partial charge in [-0.2, -0.15) is 0 Å². The number of nitrogens with zero attached hydrogens (tertiary/aromatic N) is 2. The van der Waals surface area contributed by atoms with Gasteiger partial charge in [0.25, 0.3) is 11.6 Å². The van der Waals surface area contributed by atoms with E-state index in [2.05, 4.69) is 10.3 Å². The Morgan fingerprint density at radius 1 is 1.14 bits per heavy atom. The molecule has 0 radical (unpaired) electrons. The Labute approximate surface area is 164 Å². The summed E-state index contributed by atoms with van der Waals surface area (Å²) in [7, 11) is 2.99. The van der Waals surface area contributed by atoms with Crippen LogP contribution in [0.15, 0.2) is 42.5 Å². The third-order valence-electron chi connectivity index (χ3n) is 4.02. The highest BCUT2D eigenvalue weighted by Gasteiger charge is 2.19. The van der Waals surface area contributed by atoms with Crippen LogP contribution >= 0.6 is 11.3 Å². The highest BCUT2D eigenvalue weighted by molar-refractivity contribution is 7.16. The summed E-state index contributed by atoms with van der Waals surface area (Å²) in [4.78, 5) is 28.5. The van der Waals surface area contributed by atoms with Crippen molar-refractivity contribution in [1.82, 2.24) is 4.98 Å². The number of benzene rings is 2. The van der Waals surface area contributed by atoms with Gasteiger partial charge < -0.3 is 9.47 Å². The molecule has 0 fully saturated rings. The van der Waals surface area contributed by atoms with Crippen LogP contribution in [0, 0.1) is 17.0 Å². The summed E-state index contributed by atoms with van der Waals surface area (Å²) in [6.07, 6.45) is 0. The average Bonchev–Trinajstić information content (AvgIpc) is 3.07. The van der Waals surface area contributed by atoms with Gasteiger partial charge in [-0.15, -0.1) is 11.3 Å². The Balaban J connectivity index is 1.87. The molecule has 1 heterocycles. The van der Waals surface area contributed by atoms with Crippen LogP contribution < -0.4 is 14.8 Å². The molecule has 9 heteroatoms. The van der Waals surface area contributed by atoms with Crippen LogP contribution in [0.25, 0.3) is 11.3 Å². The molecule has 144 valence electrons. The van der Waals surface area contributed by atoms with Crippen LogP contribution in [0.1, 0.15) is 15.2 Å².